The molecule has 1 aromatic heterocycles. The van der Waals surface area contributed by atoms with Gasteiger partial charge in [-0.25, -0.2) is 4.79 Å². The summed E-state index contributed by atoms with van der Waals surface area (Å²) < 4.78 is 5.71. The van der Waals surface area contributed by atoms with Crippen LogP contribution in [0.15, 0.2) is 49.3 Å². The number of benzene rings is 1. The molecule has 1 aromatic carbocycles. The lowest BCUT2D eigenvalue weighted by atomic mass is 10.00. The summed E-state index contributed by atoms with van der Waals surface area (Å²) in [5.41, 5.74) is 4.53. The van der Waals surface area contributed by atoms with Crippen LogP contribution < -0.4 is 0 Å². The Bertz CT molecular complexity index is 654. The van der Waals surface area contributed by atoms with Crippen molar-refractivity contribution >= 4 is 5.97 Å². The molecule has 0 amide bonds. The number of rotatable bonds is 5. The Morgan fingerprint density at radius 1 is 1.32 bits per heavy atom. The molecule has 0 saturated heterocycles. The Hall–Kier alpha value is -2.42. The third-order valence-electron chi connectivity index (χ3n) is 3.57. The van der Waals surface area contributed by atoms with Gasteiger partial charge < -0.3 is 4.74 Å². The first-order valence-electron chi connectivity index (χ1n) is 7.32. The molecule has 3 heteroatoms. The van der Waals surface area contributed by atoms with Gasteiger partial charge in [0.1, 0.15) is 6.10 Å². The maximum atomic E-state index is 12.6. The summed E-state index contributed by atoms with van der Waals surface area (Å²) in [5, 5.41) is 0. The molecule has 22 heavy (non-hydrogen) atoms. The Labute approximate surface area is 131 Å². The lowest BCUT2D eigenvalue weighted by Crippen LogP contribution is -2.14. The number of aryl methyl sites for hydroxylation is 3. The van der Waals surface area contributed by atoms with Crippen molar-refractivity contribution in [2.45, 2.75) is 33.3 Å². The quantitative estimate of drug-likeness (QED) is 0.603. The molecule has 2 rings (SSSR count). The van der Waals surface area contributed by atoms with Crippen molar-refractivity contribution in [1.82, 2.24) is 4.98 Å². The van der Waals surface area contributed by atoms with Gasteiger partial charge in [-0.05, 0) is 38.0 Å². The highest BCUT2D eigenvalue weighted by Crippen LogP contribution is 2.25. The Morgan fingerprint density at radius 2 is 2.00 bits per heavy atom. The normalized spacial score (nSPS) is 11.8. The third kappa shape index (κ3) is 3.61. The SMILES string of the molecule is C=CC[C@@H](OC(=O)c1c(C)cc(C)cc1C)c1cccnc1. The van der Waals surface area contributed by atoms with Crippen molar-refractivity contribution in [3.8, 4) is 0 Å². The second-order valence-corrected chi connectivity index (χ2v) is 5.48. The summed E-state index contributed by atoms with van der Waals surface area (Å²) in [6.45, 7) is 9.63. The first-order chi connectivity index (χ1) is 10.5. The second kappa shape index (κ2) is 7.03. The molecule has 0 bridgehead atoms. The van der Waals surface area contributed by atoms with Crippen LogP contribution in [-0.2, 0) is 4.74 Å². The first-order valence-corrected chi connectivity index (χ1v) is 7.32. The number of ether oxygens (including phenoxy) is 1. The van der Waals surface area contributed by atoms with Gasteiger partial charge in [-0.1, -0.05) is 29.8 Å². The average Bonchev–Trinajstić information content (AvgIpc) is 2.46. The summed E-state index contributed by atoms with van der Waals surface area (Å²) in [6, 6.07) is 7.73. The molecule has 0 unspecified atom stereocenters. The van der Waals surface area contributed by atoms with Crippen LogP contribution >= 0.6 is 0 Å². The highest BCUT2D eigenvalue weighted by Gasteiger charge is 2.20. The zero-order valence-corrected chi connectivity index (χ0v) is 13.3. The van der Waals surface area contributed by atoms with E-state index in [0.29, 0.717) is 12.0 Å². The molecule has 114 valence electrons. The van der Waals surface area contributed by atoms with E-state index >= 15 is 0 Å². The summed E-state index contributed by atoms with van der Waals surface area (Å²) in [6.07, 6.45) is 5.36. The van der Waals surface area contributed by atoms with Gasteiger partial charge in [-0.3, -0.25) is 4.98 Å². The Morgan fingerprint density at radius 3 is 2.55 bits per heavy atom. The average molecular weight is 295 g/mol. The number of carbonyl (C=O) groups is 1. The number of carbonyl (C=O) groups excluding carboxylic acids is 1. The fourth-order valence-corrected chi connectivity index (χ4v) is 2.66. The molecule has 0 aliphatic heterocycles. The van der Waals surface area contributed by atoms with Crippen LogP contribution in [0, 0.1) is 20.8 Å². The van der Waals surface area contributed by atoms with Crippen LogP contribution in [0.3, 0.4) is 0 Å². The third-order valence-corrected chi connectivity index (χ3v) is 3.57. The van der Waals surface area contributed by atoms with Crippen LogP contribution in [0.1, 0.15) is 45.1 Å². The standard InChI is InChI=1S/C19H21NO2/c1-5-7-17(16-8-6-9-20-12-16)22-19(21)18-14(3)10-13(2)11-15(18)4/h5-6,8-12,17H,1,7H2,2-4H3/t17-/m1/s1. The number of esters is 1. The molecule has 1 atom stereocenters. The monoisotopic (exact) mass is 295 g/mol. The van der Waals surface area contributed by atoms with Crippen molar-refractivity contribution in [1.29, 1.82) is 0 Å². The molecule has 0 aliphatic rings. The number of aromatic nitrogens is 1. The lowest BCUT2D eigenvalue weighted by Gasteiger charge is -2.18. The highest BCUT2D eigenvalue weighted by atomic mass is 16.5. The summed E-state index contributed by atoms with van der Waals surface area (Å²) in [5.74, 6) is -0.300. The predicted molar refractivity (Wildman–Crippen MR) is 87.9 cm³/mol. The van der Waals surface area contributed by atoms with E-state index in [9.17, 15) is 4.79 Å². The highest BCUT2D eigenvalue weighted by molar-refractivity contribution is 5.93. The van der Waals surface area contributed by atoms with Crippen molar-refractivity contribution in [2.75, 3.05) is 0 Å². The van der Waals surface area contributed by atoms with Gasteiger partial charge in [-0.15, -0.1) is 6.58 Å². The fourth-order valence-electron chi connectivity index (χ4n) is 2.66. The number of nitrogens with zero attached hydrogens (tertiary/aromatic N) is 1. The minimum Gasteiger partial charge on any atom is -0.453 e. The number of hydrogen-bond acceptors (Lipinski definition) is 3. The summed E-state index contributed by atoms with van der Waals surface area (Å²) >= 11 is 0. The summed E-state index contributed by atoms with van der Waals surface area (Å²) in [7, 11) is 0. The van der Waals surface area contributed by atoms with Gasteiger partial charge in [0.05, 0.1) is 5.56 Å². The molecule has 1 heterocycles. The zero-order chi connectivity index (χ0) is 16.1. The second-order valence-electron chi connectivity index (χ2n) is 5.48. The lowest BCUT2D eigenvalue weighted by molar-refractivity contribution is 0.0301. The van der Waals surface area contributed by atoms with Gasteiger partial charge in [-0.2, -0.15) is 0 Å². The van der Waals surface area contributed by atoms with Crippen molar-refractivity contribution in [2.24, 2.45) is 0 Å². The topological polar surface area (TPSA) is 39.2 Å². The minimum absolute atomic E-state index is 0.300. The predicted octanol–water partition coefficient (Wildman–Crippen LogP) is 4.48. The van der Waals surface area contributed by atoms with Gasteiger partial charge in [0.15, 0.2) is 0 Å². The number of hydrogen-bond donors (Lipinski definition) is 0. The zero-order valence-electron chi connectivity index (χ0n) is 13.3. The van der Waals surface area contributed by atoms with Crippen LogP contribution in [0.4, 0.5) is 0 Å². The smallest absolute Gasteiger partial charge is 0.339 e. The minimum atomic E-state index is -0.362. The van der Waals surface area contributed by atoms with Crippen LogP contribution in [0.2, 0.25) is 0 Å². The molecular weight excluding hydrogens is 274 g/mol. The maximum absolute atomic E-state index is 12.6. The van der Waals surface area contributed by atoms with Crippen LogP contribution in [-0.4, -0.2) is 11.0 Å². The maximum Gasteiger partial charge on any atom is 0.339 e. The van der Waals surface area contributed by atoms with Gasteiger partial charge in [0.25, 0.3) is 0 Å². The molecule has 3 nitrogen and oxygen atoms in total. The molecular formula is C19H21NO2. The van der Waals surface area contributed by atoms with E-state index in [-0.39, 0.29) is 12.1 Å². The van der Waals surface area contributed by atoms with Gasteiger partial charge >= 0.3 is 5.97 Å². The molecule has 2 aromatic rings. The molecule has 0 radical (unpaired) electrons. The Balaban J connectivity index is 2.28. The molecule has 0 saturated carbocycles. The van der Waals surface area contributed by atoms with E-state index in [0.717, 1.165) is 22.3 Å². The number of pyridine rings is 1. The van der Waals surface area contributed by atoms with Gasteiger partial charge in [0, 0.05) is 24.4 Å². The Kier molecular flexibility index (Phi) is 5.10. The summed E-state index contributed by atoms with van der Waals surface area (Å²) in [4.78, 5) is 16.7. The molecule has 0 spiro atoms. The van der Waals surface area contributed by atoms with E-state index in [4.69, 9.17) is 4.74 Å². The van der Waals surface area contributed by atoms with E-state index < -0.39 is 0 Å². The van der Waals surface area contributed by atoms with Crippen LogP contribution in [0.25, 0.3) is 0 Å². The van der Waals surface area contributed by atoms with Crippen molar-refractivity contribution < 1.29 is 9.53 Å². The van der Waals surface area contributed by atoms with Crippen molar-refractivity contribution in [3.63, 3.8) is 0 Å². The van der Waals surface area contributed by atoms with Gasteiger partial charge in [0.2, 0.25) is 0 Å². The van der Waals surface area contributed by atoms with E-state index in [1.165, 1.54) is 0 Å². The first kappa shape index (κ1) is 16.0. The van der Waals surface area contributed by atoms with E-state index in [1.54, 1.807) is 18.5 Å². The van der Waals surface area contributed by atoms with Crippen molar-refractivity contribution in [3.05, 3.63) is 77.1 Å². The van der Waals surface area contributed by atoms with Crippen LogP contribution in [0.5, 0.6) is 0 Å². The molecule has 0 N–H and O–H groups in total. The fraction of sp³-hybridized carbons (Fsp3) is 0.263. The van der Waals surface area contributed by atoms with E-state index in [1.807, 2.05) is 45.0 Å². The molecule has 0 fully saturated rings. The molecule has 0 aliphatic carbocycles. The van der Waals surface area contributed by atoms with E-state index in [2.05, 4.69) is 11.6 Å². The largest absolute Gasteiger partial charge is 0.453 e.